The van der Waals surface area contributed by atoms with Gasteiger partial charge in [-0.05, 0) is 59.7 Å². The number of halogens is 3. The number of sulfonamides is 1. The summed E-state index contributed by atoms with van der Waals surface area (Å²) >= 11 is 0. The lowest BCUT2D eigenvalue weighted by Crippen LogP contribution is -2.32. The number of alkyl halides is 3. The van der Waals surface area contributed by atoms with Crippen LogP contribution in [0.15, 0.2) is 77.7 Å². The van der Waals surface area contributed by atoms with Crippen molar-refractivity contribution in [2.24, 2.45) is 5.73 Å². The molecule has 4 rings (SSSR count). The zero-order valence-corrected chi connectivity index (χ0v) is 19.6. The Morgan fingerprint density at radius 3 is 2.43 bits per heavy atom. The first-order chi connectivity index (χ1) is 16.5. The first-order valence-electron chi connectivity index (χ1n) is 11.2. The third kappa shape index (κ3) is 5.74. The third-order valence-electron chi connectivity index (χ3n) is 6.29. The number of nitrogens with two attached hydrogens (primary N) is 1. The van der Waals surface area contributed by atoms with Crippen LogP contribution in [0.5, 0.6) is 0 Å². The van der Waals surface area contributed by atoms with Crippen molar-refractivity contribution in [2.75, 3.05) is 0 Å². The molecule has 9 heteroatoms. The van der Waals surface area contributed by atoms with E-state index in [0.29, 0.717) is 11.6 Å². The van der Waals surface area contributed by atoms with Crippen LogP contribution in [0.4, 0.5) is 13.2 Å². The molecule has 2 unspecified atom stereocenters. The van der Waals surface area contributed by atoms with E-state index in [2.05, 4.69) is 16.9 Å². The maximum Gasteiger partial charge on any atom is 0.416 e. The fourth-order valence-corrected chi connectivity index (χ4v) is 5.85. The molecule has 0 aliphatic heterocycles. The van der Waals surface area contributed by atoms with Crippen molar-refractivity contribution in [1.29, 1.82) is 0 Å². The van der Waals surface area contributed by atoms with E-state index in [4.69, 9.17) is 5.73 Å². The second-order valence-corrected chi connectivity index (χ2v) is 10.4. The van der Waals surface area contributed by atoms with Gasteiger partial charge in [0.1, 0.15) is 0 Å². The highest BCUT2D eigenvalue weighted by molar-refractivity contribution is 7.89. The lowest BCUT2D eigenvalue weighted by molar-refractivity contribution is -0.137. The van der Waals surface area contributed by atoms with Gasteiger partial charge in [-0.25, -0.2) is 13.1 Å². The molecule has 184 valence electrons. The summed E-state index contributed by atoms with van der Waals surface area (Å²) in [6, 6.07) is 18.0. The molecule has 0 spiro atoms. The Hall–Kier alpha value is -3.17. The molecule has 3 aromatic rings. The average molecular weight is 503 g/mol. The van der Waals surface area contributed by atoms with Crippen LogP contribution in [0.3, 0.4) is 0 Å². The maximum atomic E-state index is 13.1. The van der Waals surface area contributed by atoms with Crippen LogP contribution in [0.2, 0.25) is 0 Å². The summed E-state index contributed by atoms with van der Waals surface area (Å²) in [5.74, 6) is -0.530. The highest BCUT2D eigenvalue weighted by Gasteiger charge is 2.32. The summed E-state index contributed by atoms with van der Waals surface area (Å²) in [5, 5.41) is 0. The van der Waals surface area contributed by atoms with Crippen LogP contribution in [0.25, 0.3) is 0 Å². The van der Waals surface area contributed by atoms with E-state index in [1.54, 1.807) is 12.1 Å². The van der Waals surface area contributed by atoms with Gasteiger partial charge >= 0.3 is 6.18 Å². The van der Waals surface area contributed by atoms with Crippen molar-refractivity contribution in [2.45, 2.75) is 48.7 Å². The van der Waals surface area contributed by atoms with E-state index in [0.717, 1.165) is 43.0 Å². The minimum atomic E-state index is -4.69. The van der Waals surface area contributed by atoms with Gasteiger partial charge in [-0.3, -0.25) is 4.79 Å². The second-order valence-electron chi connectivity index (χ2n) is 8.68. The number of nitrogens with one attached hydrogen (secondary N) is 1. The Morgan fingerprint density at radius 2 is 1.74 bits per heavy atom. The standard InChI is InChI=1S/C26H25F3N2O3S/c27-26(28,29)20-7-4-8-21(15-20)35(33,34)31-24(16-25(30)32)19-13-11-18(12-14-19)23-10-3-6-17-5-1-2-9-22(17)23/h1-2,4-5,7-9,11-15,23-24,31H,3,6,10,16H2,(H2,30,32). The van der Waals surface area contributed by atoms with Crippen LogP contribution in [0, 0.1) is 0 Å². The largest absolute Gasteiger partial charge is 0.416 e. The SMILES string of the molecule is NC(=O)CC(NS(=O)(=O)c1cccc(C(F)(F)F)c1)c1ccc(C2CCCc3ccccc32)cc1. The van der Waals surface area contributed by atoms with Gasteiger partial charge in [-0.2, -0.15) is 13.2 Å². The van der Waals surface area contributed by atoms with Crippen LogP contribution in [0.1, 0.15) is 59.0 Å². The summed E-state index contributed by atoms with van der Waals surface area (Å²) in [7, 11) is -4.36. The smallest absolute Gasteiger partial charge is 0.370 e. The Balaban J connectivity index is 1.61. The van der Waals surface area contributed by atoms with Gasteiger partial charge < -0.3 is 5.73 Å². The Labute approximate surface area is 202 Å². The maximum absolute atomic E-state index is 13.1. The molecule has 0 saturated heterocycles. The molecule has 5 nitrogen and oxygen atoms in total. The van der Waals surface area contributed by atoms with E-state index in [-0.39, 0.29) is 12.3 Å². The predicted molar refractivity (Wildman–Crippen MR) is 126 cm³/mol. The molecular weight excluding hydrogens is 477 g/mol. The quantitative estimate of drug-likeness (QED) is 0.473. The molecule has 0 heterocycles. The normalized spacial score (nSPS) is 16.9. The van der Waals surface area contributed by atoms with Crippen molar-refractivity contribution < 1.29 is 26.4 Å². The number of amides is 1. The van der Waals surface area contributed by atoms with Crippen molar-refractivity contribution in [3.05, 3.63) is 101 Å². The first kappa shape index (κ1) is 24.9. The number of carbonyl (C=O) groups is 1. The molecule has 3 aromatic carbocycles. The van der Waals surface area contributed by atoms with E-state index < -0.39 is 38.6 Å². The number of carbonyl (C=O) groups excluding carboxylic acids is 1. The van der Waals surface area contributed by atoms with Gasteiger partial charge in [0.15, 0.2) is 0 Å². The molecule has 0 aromatic heterocycles. The minimum absolute atomic E-state index is 0.213. The van der Waals surface area contributed by atoms with Crippen LogP contribution < -0.4 is 10.5 Å². The number of primary amides is 1. The van der Waals surface area contributed by atoms with E-state index in [1.807, 2.05) is 24.3 Å². The lowest BCUT2D eigenvalue weighted by Gasteiger charge is -2.26. The zero-order valence-electron chi connectivity index (χ0n) is 18.8. The summed E-state index contributed by atoms with van der Waals surface area (Å²) in [5.41, 5.74) is 8.41. The molecule has 0 saturated carbocycles. The molecule has 35 heavy (non-hydrogen) atoms. The van der Waals surface area contributed by atoms with Gasteiger partial charge in [-0.15, -0.1) is 0 Å². The van der Waals surface area contributed by atoms with Gasteiger partial charge in [0, 0.05) is 12.3 Å². The van der Waals surface area contributed by atoms with Crippen molar-refractivity contribution in [3.8, 4) is 0 Å². The highest BCUT2D eigenvalue weighted by atomic mass is 32.2. The van der Waals surface area contributed by atoms with E-state index in [1.165, 1.54) is 11.1 Å². The summed E-state index contributed by atoms with van der Waals surface area (Å²) in [6.07, 6.45) is -1.95. The van der Waals surface area contributed by atoms with Crippen LogP contribution in [-0.4, -0.2) is 14.3 Å². The van der Waals surface area contributed by atoms with Gasteiger partial charge in [0.2, 0.25) is 15.9 Å². The van der Waals surface area contributed by atoms with Gasteiger partial charge in [-0.1, -0.05) is 54.6 Å². The molecule has 1 aliphatic rings. The predicted octanol–water partition coefficient (Wildman–Crippen LogP) is 5.07. The number of aryl methyl sites for hydroxylation is 1. The molecule has 0 fully saturated rings. The van der Waals surface area contributed by atoms with Gasteiger partial charge in [0.05, 0.1) is 16.5 Å². The second kappa shape index (κ2) is 9.83. The molecule has 0 bridgehead atoms. The average Bonchev–Trinajstić information content (AvgIpc) is 2.82. The summed E-state index contributed by atoms with van der Waals surface area (Å²) in [4.78, 5) is 11.1. The Kier molecular flexibility index (Phi) is 7.00. The number of benzene rings is 3. The molecular formula is C26H25F3N2O3S. The van der Waals surface area contributed by atoms with E-state index in [9.17, 15) is 26.4 Å². The topological polar surface area (TPSA) is 89.3 Å². The monoisotopic (exact) mass is 502 g/mol. The van der Waals surface area contributed by atoms with Crippen molar-refractivity contribution in [3.63, 3.8) is 0 Å². The Morgan fingerprint density at radius 1 is 1.03 bits per heavy atom. The first-order valence-corrected chi connectivity index (χ1v) is 12.7. The molecule has 2 atom stereocenters. The van der Waals surface area contributed by atoms with Crippen molar-refractivity contribution >= 4 is 15.9 Å². The van der Waals surface area contributed by atoms with Crippen LogP contribution in [-0.2, 0) is 27.4 Å². The van der Waals surface area contributed by atoms with Crippen molar-refractivity contribution in [1.82, 2.24) is 4.72 Å². The zero-order chi connectivity index (χ0) is 25.2. The summed E-state index contributed by atoms with van der Waals surface area (Å²) in [6.45, 7) is 0. The number of fused-ring (bicyclic) bond motifs is 1. The highest BCUT2D eigenvalue weighted by Crippen LogP contribution is 2.37. The molecule has 3 N–H and O–H groups in total. The minimum Gasteiger partial charge on any atom is -0.370 e. The van der Waals surface area contributed by atoms with Crippen LogP contribution >= 0.6 is 0 Å². The van der Waals surface area contributed by atoms with E-state index >= 15 is 0 Å². The number of hydrogen-bond acceptors (Lipinski definition) is 3. The lowest BCUT2D eigenvalue weighted by atomic mass is 9.79. The fourth-order valence-electron chi connectivity index (χ4n) is 4.58. The Bertz CT molecular complexity index is 1320. The summed E-state index contributed by atoms with van der Waals surface area (Å²) < 4.78 is 67.3. The third-order valence-corrected chi connectivity index (χ3v) is 7.75. The molecule has 1 aliphatic carbocycles. The number of hydrogen-bond donors (Lipinski definition) is 2. The van der Waals surface area contributed by atoms with Gasteiger partial charge in [0.25, 0.3) is 0 Å². The molecule has 1 amide bonds. The fraction of sp³-hybridized carbons (Fsp3) is 0.269. The molecule has 0 radical (unpaired) electrons. The number of rotatable bonds is 7.